The van der Waals surface area contributed by atoms with Crippen LogP contribution in [-0.2, 0) is 19.1 Å². The van der Waals surface area contributed by atoms with Gasteiger partial charge in [-0.15, -0.1) is 11.8 Å². The molecule has 0 saturated heterocycles. The van der Waals surface area contributed by atoms with E-state index in [2.05, 4.69) is 10.1 Å². The van der Waals surface area contributed by atoms with Crippen LogP contribution in [0.1, 0.15) is 0 Å². The number of carboxylic acid groups (broad SMARTS) is 1. The number of carbonyl (C=O) groups is 3. The lowest BCUT2D eigenvalue weighted by Gasteiger charge is -2.02. The van der Waals surface area contributed by atoms with E-state index in [0.717, 1.165) is 11.8 Å². The van der Waals surface area contributed by atoms with Gasteiger partial charge in [-0.3, -0.25) is 14.4 Å². The van der Waals surface area contributed by atoms with Crippen molar-refractivity contribution in [3.8, 4) is 0 Å². The normalized spacial score (nSPS) is 9.21. The zero-order valence-electron chi connectivity index (χ0n) is 7.61. The van der Waals surface area contributed by atoms with Crippen molar-refractivity contribution in [1.29, 1.82) is 0 Å². The highest BCUT2D eigenvalue weighted by Crippen LogP contribution is 1.97. The smallest absolute Gasteiger partial charge is 0.325 e. The molecule has 1 amide bonds. The second kappa shape index (κ2) is 7.19. The van der Waals surface area contributed by atoms with Crippen molar-refractivity contribution in [2.75, 3.05) is 25.2 Å². The third-order valence-electron chi connectivity index (χ3n) is 1.12. The highest BCUT2D eigenvalue weighted by atomic mass is 32.2. The average Bonchev–Trinajstić information content (AvgIpc) is 2.13. The average molecular weight is 221 g/mol. The molecule has 0 aromatic rings. The minimum atomic E-state index is -0.976. The number of esters is 1. The van der Waals surface area contributed by atoms with Crippen LogP contribution in [0.25, 0.3) is 0 Å². The fourth-order valence-electron chi connectivity index (χ4n) is 0.525. The summed E-state index contributed by atoms with van der Waals surface area (Å²) < 4.78 is 4.29. The SMILES string of the molecule is COC(=O)CNC(=O)CSCC(=O)O. The van der Waals surface area contributed by atoms with Crippen molar-refractivity contribution in [3.63, 3.8) is 0 Å². The maximum Gasteiger partial charge on any atom is 0.325 e. The zero-order chi connectivity index (χ0) is 11.0. The first kappa shape index (κ1) is 12.8. The van der Waals surface area contributed by atoms with Crippen LogP contribution in [0, 0.1) is 0 Å². The van der Waals surface area contributed by atoms with Gasteiger partial charge in [-0.2, -0.15) is 0 Å². The second-order valence-electron chi connectivity index (χ2n) is 2.24. The van der Waals surface area contributed by atoms with Gasteiger partial charge in [0.2, 0.25) is 5.91 Å². The Labute approximate surface area is 85.0 Å². The summed E-state index contributed by atoms with van der Waals surface area (Å²) in [5, 5.41) is 10.5. The van der Waals surface area contributed by atoms with Crippen molar-refractivity contribution in [2.24, 2.45) is 0 Å². The van der Waals surface area contributed by atoms with Crippen molar-refractivity contribution in [3.05, 3.63) is 0 Å². The fourth-order valence-corrected chi connectivity index (χ4v) is 1.09. The lowest BCUT2D eigenvalue weighted by atomic mass is 10.6. The lowest BCUT2D eigenvalue weighted by molar-refractivity contribution is -0.141. The van der Waals surface area contributed by atoms with Gasteiger partial charge in [-0.05, 0) is 0 Å². The van der Waals surface area contributed by atoms with E-state index in [1.165, 1.54) is 7.11 Å². The van der Waals surface area contributed by atoms with E-state index < -0.39 is 11.9 Å². The van der Waals surface area contributed by atoms with Gasteiger partial charge in [0.1, 0.15) is 6.54 Å². The van der Waals surface area contributed by atoms with E-state index in [1.54, 1.807) is 0 Å². The Balaban J connectivity index is 3.46. The Morgan fingerprint density at radius 1 is 1.36 bits per heavy atom. The van der Waals surface area contributed by atoms with Gasteiger partial charge in [0.25, 0.3) is 0 Å². The number of methoxy groups -OCH3 is 1. The molecule has 0 bridgehead atoms. The molecule has 6 nitrogen and oxygen atoms in total. The van der Waals surface area contributed by atoms with Crippen LogP contribution in [0.4, 0.5) is 0 Å². The topological polar surface area (TPSA) is 92.7 Å². The van der Waals surface area contributed by atoms with Crippen LogP contribution in [0.2, 0.25) is 0 Å². The van der Waals surface area contributed by atoms with Gasteiger partial charge in [0.15, 0.2) is 0 Å². The molecule has 80 valence electrons. The number of hydrogen-bond acceptors (Lipinski definition) is 5. The number of carbonyl (C=O) groups excluding carboxylic acids is 2. The van der Waals surface area contributed by atoms with Crippen molar-refractivity contribution >= 4 is 29.6 Å². The highest BCUT2D eigenvalue weighted by molar-refractivity contribution is 8.00. The van der Waals surface area contributed by atoms with Gasteiger partial charge < -0.3 is 15.2 Å². The summed E-state index contributed by atoms with van der Waals surface area (Å²) in [5.74, 6) is -2.02. The predicted molar refractivity (Wildman–Crippen MR) is 50.0 cm³/mol. The molecule has 0 spiro atoms. The first-order valence-electron chi connectivity index (χ1n) is 3.69. The first-order chi connectivity index (χ1) is 6.56. The van der Waals surface area contributed by atoms with E-state index in [4.69, 9.17) is 5.11 Å². The van der Waals surface area contributed by atoms with Crippen molar-refractivity contribution < 1.29 is 24.2 Å². The molecule has 0 aliphatic carbocycles. The standard InChI is InChI=1S/C7H11NO5S/c1-13-7(12)2-8-5(9)3-14-4-6(10)11/h2-4H2,1H3,(H,8,9)(H,10,11). The molecule has 0 saturated carbocycles. The molecule has 0 aliphatic heterocycles. The van der Waals surface area contributed by atoms with Crippen LogP contribution in [0.5, 0.6) is 0 Å². The molecule has 0 heterocycles. The van der Waals surface area contributed by atoms with Crippen LogP contribution in [-0.4, -0.2) is 48.1 Å². The molecule has 0 radical (unpaired) electrons. The predicted octanol–water partition coefficient (Wildman–Crippen LogP) is -0.907. The first-order valence-corrected chi connectivity index (χ1v) is 4.84. The molecule has 0 aromatic carbocycles. The van der Waals surface area contributed by atoms with Gasteiger partial charge in [-0.1, -0.05) is 0 Å². The Morgan fingerprint density at radius 3 is 2.50 bits per heavy atom. The Bertz CT molecular complexity index is 230. The monoisotopic (exact) mass is 221 g/mol. The Morgan fingerprint density at radius 2 is 2.00 bits per heavy atom. The van der Waals surface area contributed by atoms with E-state index in [-0.39, 0.29) is 24.0 Å². The molecule has 2 N–H and O–H groups in total. The number of thioether (sulfide) groups is 1. The summed E-state index contributed by atoms with van der Waals surface area (Å²) in [7, 11) is 1.22. The van der Waals surface area contributed by atoms with Gasteiger partial charge in [0.05, 0.1) is 18.6 Å². The minimum Gasteiger partial charge on any atom is -0.481 e. The number of hydrogen-bond donors (Lipinski definition) is 2. The van der Waals surface area contributed by atoms with Crippen LogP contribution in [0.3, 0.4) is 0 Å². The minimum absolute atomic E-state index is 0.0172. The van der Waals surface area contributed by atoms with Crippen molar-refractivity contribution in [2.45, 2.75) is 0 Å². The van der Waals surface area contributed by atoms with Crippen LogP contribution < -0.4 is 5.32 Å². The second-order valence-corrected chi connectivity index (χ2v) is 3.22. The van der Waals surface area contributed by atoms with E-state index in [0.29, 0.717) is 0 Å². The number of rotatable bonds is 6. The molecule has 0 unspecified atom stereocenters. The van der Waals surface area contributed by atoms with Gasteiger partial charge in [0, 0.05) is 0 Å². The number of nitrogens with one attached hydrogen (secondary N) is 1. The van der Waals surface area contributed by atoms with Gasteiger partial charge >= 0.3 is 11.9 Å². The van der Waals surface area contributed by atoms with Crippen LogP contribution >= 0.6 is 11.8 Å². The summed E-state index contributed by atoms with van der Waals surface area (Å²) in [5.41, 5.74) is 0. The largest absolute Gasteiger partial charge is 0.481 e. The van der Waals surface area contributed by atoms with Crippen LogP contribution in [0.15, 0.2) is 0 Å². The zero-order valence-corrected chi connectivity index (χ0v) is 8.43. The quantitative estimate of drug-likeness (QED) is 0.564. The summed E-state index contributed by atoms with van der Waals surface area (Å²) >= 11 is 0.965. The third-order valence-corrected chi connectivity index (χ3v) is 2.03. The summed E-state index contributed by atoms with van der Waals surface area (Å²) in [6.07, 6.45) is 0. The highest BCUT2D eigenvalue weighted by Gasteiger charge is 2.06. The summed E-state index contributed by atoms with van der Waals surface area (Å²) in [6, 6.07) is 0. The lowest BCUT2D eigenvalue weighted by Crippen LogP contribution is -2.31. The summed E-state index contributed by atoms with van der Waals surface area (Å²) in [4.78, 5) is 31.5. The van der Waals surface area contributed by atoms with E-state index >= 15 is 0 Å². The molecule has 14 heavy (non-hydrogen) atoms. The third kappa shape index (κ3) is 7.41. The number of carboxylic acids is 1. The van der Waals surface area contributed by atoms with Gasteiger partial charge in [-0.25, -0.2) is 0 Å². The molecule has 7 heteroatoms. The maximum absolute atomic E-state index is 10.9. The fraction of sp³-hybridized carbons (Fsp3) is 0.571. The molecular formula is C7H11NO5S. The number of amides is 1. The molecule has 0 atom stereocenters. The molecule has 0 rings (SSSR count). The Hall–Kier alpha value is -1.24. The molecule has 0 fully saturated rings. The maximum atomic E-state index is 10.9. The molecular weight excluding hydrogens is 210 g/mol. The summed E-state index contributed by atoms with van der Waals surface area (Å²) in [6.45, 7) is -0.192. The van der Waals surface area contributed by atoms with Crippen molar-refractivity contribution in [1.82, 2.24) is 5.32 Å². The molecule has 0 aliphatic rings. The van der Waals surface area contributed by atoms with E-state index in [1.807, 2.05) is 0 Å². The molecule has 0 aromatic heterocycles. The number of aliphatic carboxylic acids is 1. The Kier molecular flexibility index (Phi) is 6.55. The van der Waals surface area contributed by atoms with E-state index in [9.17, 15) is 14.4 Å². The number of ether oxygens (including phenoxy) is 1.